The highest BCUT2D eigenvalue weighted by atomic mass is 16.3. The highest BCUT2D eigenvalue weighted by Gasteiger charge is 2.03. The Hall–Kier alpha value is -0.370. The van der Waals surface area contributed by atoms with Crippen LogP contribution in [0.25, 0.3) is 0 Å². The Labute approximate surface area is 81.3 Å². The van der Waals surface area contributed by atoms with Crippen LogP contribution in [0.5, 0.6) is 0 Å². The molecule has 0 aromatic rings. The van der Waals surface area contributed by atoms with Gasteiger partial charge in [0.1, 0.15) is 5.78 Å². The molecule has 0 saturated heterocycles. The van der Waals surface area contributed by atoms with Crippen LogP contribution in [-0.2, 0) is 4.79 Å². The Bertz CT molecular complexity index is 130. The van der Waals surface area contributed by atoms with Crippen molar-refractivity contribution in [1.82, 2.24) is 0 Å². The molecule has 2 heteroatoms. The SMILES string of the molecule is CCCCCCC(=O)CCC(C)O. The summed E-state index contributed by atoms with van der Waals surface area (Å²) in [5.41, 5.74) is 0. The van der Waals surface area contributed by atoms with Gasteiger partial charge in [0.2, 0.25) is 0 Å². The topological polar surface area (TPSA) is 37.3 Å². The standard InChI is InChI=1S/C11H22O2/c1-3-4-5-6-7-11(13)9-8-10(2)12/h10,12H,3-9H2,1-2H3. The van der Waals surface area contributed by atoms with Crippen LogP contribution in [0.2, 0.25) is 0 Å². The summed E-state index contributed by atoms with van der Waals surface area (Å²) in [7, 11) is 0. The molecule has 0 amide bonds. The number of Topliss-reactive ketones (excluding diaryl/α,β-unsaturated/α-hetero) is 1. The zero-order valence-corrected chi connectivity index (χ0v) is 8.88. The van der Waals surface area contributed by atoms with E-state index in [0.29, 0.717) is 25.0 Å². The molecule has 0 bridgehead atoms. The molecule has 2 nitrogen and oxygen atoms in total. The van der Waals surface area contributed by atoms with Crippen LogP contribution in [0, 0.1) is 0 Å². The number of ketones is 1. The molecule has 0 aromatic carbocycles. The predicted octanol–water partition coefficient (Wildman–Crippen LogP) is 2.69. The van der Waals surface area contributed by atoms with E-state index in [0.717, 1.165) is 12.8 Å². The smallest absolute Gasteiger partial charge is 0.133 e. The number of aliphatic hydroxyl groups excluding tert-OH is 1. The molecule has 13 heavy (non-hydrogen) atoms. The summed E-state index contributed by atoms with van der Waals surface area (Å²) >= 11 is 0. The first-order valence-electron chi connectivity index (χ1n) is 5.36. The Morgan fingerprint density at radius 3 is 2.46 bits per heavy atom. The minimum absolute atomic E-state index is 0.303. The molecule has 0 heterocycles. The number of carbonyl (C=O) groups excluding carboxylic acids is 1. The summed E-state index contributed by atoms with van der Waals surface area (Å²) in [4.78, 5) is 11.2. The first-order valence-corrected chi connectivity index (χ1v) is 5.36. The Morgan fingerprint density at radius 2 is 1.92 bits per heavy atom. The second-order valence-corrected chi connectivity index (χ2v) is 3.74. The summed E-state index contributed by atoms with van der Waals surface area (Å²) in [6, 6.07) is 0. The lowest BCUT2D eigenvalue weighted by atomic mass is 10.1. The number of aliphatic hydroxyl groups is 1. The van der Waals surface area contributed by atoms with Crippen LogP contribution in [0.1, 0.15) is 58.8 Å². The maximum atomic E-state index is 11.2. The van der Waals surface area contributed by atoms with Crippen LogP contribution in [0.4, 0.5) is 0 Å². The van der Waals surface area contributed by atoms with Crippen molar-refractivity contribution in [2.45, 2.75) is 64.9 Å². The van der Waals surface area contributed by atoms with Crippen molar-refractivity contribution in [3.8, 4) is 0 Å². The zero-order valence-electron chi connectivity index (χ0n) is 8.88. The van der Waals surface area contributed by atoms with Gasteiger partial charge in [-0.25, -0.2) is 0 Å². The fraction of sp³-hybridized carbons (Fsp3) is 0.909. The summed E-state index contributed by atoms with van der Waals surface area (Å²) in [6.07, 6.45) is 6.15. The van der Waals surface area contributed by atoms with Gasteiger partial charge < -0.3 is 5.11 Å². The molecule has 1 unspecified atom stereocenters. The molecule has 1 atom stereocenters. The van der Waals surface area contributed by atoms with Gasteiger partial charge in [-0.3, -0.25) is 4.79 Å². The zero-order chi connectivity index (χ0) is 10.1. The van der Waals surface area contributed by atoms with Gasteiger partial charge >= 0.3 is 0 Å². The molecular weight excluding hydrogens is 164 g/mol. The van der Waals surface area contributed by atoms with Crippen LogP contribution >= 0.6 is 0 Å². The van der Waals surface area contributed by atoms with E-state index < -0.39 is 0 Å². The molecule has 0 aliphatic heterocycles. The minimum atomic E-state index is -0.334. The number of carbonyl (C=O) groups is 1. The largest absolute Gasteiger partial charge is 0.393 e. The summed E-state index contributed by atoms with van der Waals surface area (Å²) in [6.45, 7) is 3.89. The molecule has 0 aromatic heterocycles. The molecule has 78 valence electrons. The molecule has 1 N–H and O–H groups in total. The van der Waals surface area contributed by atoms with Crippen molar-refractivity contribution >= 4 is 5.78 Å². The quantitative estimate of drug-likeness (QED) is 0.592. The van der Waals surface area contributed by atoms with Gasteiger partial charge in [0.05, 0.1) is 6.10 Å². The van der Waals surface area contributed by atoms with Crippen molar-refractivity contribution in [1.29, 1.82) is 0 Å². The molecule has 0 aliphatic carbocycles. The van der Waals surface area contributed by atoms with E-state index in [-0.39, 0.29) is 6.10 Å². The van der Waals surface area contributed by atoms with Crippen molar-refractivity contribution in [2.75, 3.05) is 0 Å². The second-order valence-electron chi connectivity index (χ2n) is 3.74. The molecule has 0 spiro atoms. The normalized spacial score (nSPS) is 12.8. The Balaban J connectivity index is 3.20. The van der Waals surface area contributed by atoms with Gasteiger partial charge in [-0.1, -0.05) is 26.2 Å². The van der Waals surface area contributed by atoms with E-state index in [4.69, 9.17) is 5.11 Å². The van der Waals surface area contributed by atoms with Crippen LogP contribution in [0.15, 0.2) is 0 Å². The number of rotatable bonds is 8. The van der Waals surface area contributed by atoms with Gasteiger partial charge in [0, 0.05) is 12.8 Å². The summed E-state index contributed by atoms with van der Waals surface area (Å²) < 4.78 is 0. The van der Waals surface area contributed by atoms with Crippen LogP contribution in [-0.4, -0.2) is 17.0 Å². The molecule has 0 aliphatic rings. The highest BCUT2D eigenvalue weighted by Crippen LogP contribution is 2.06. The predicted molar refractivity (Wildman–Crippen MR) is 54.7 cm³/mol. The fourth-order valence-corrected chi connectivity index (χ4v) is 1.24. The Kier molecular flexibility index (Phi) is 8.00. The van der Waals surface area contributed by atoms with E-state index in [1.165, 1.54) is 12.8 Å². The van der Waals surface area contributed by atoms with E-state index >= 15 is 0 Å². The maximum absolute atomic E-state index is 11.2. The van der Waals surface area contributed by atoms with Gasteiger partial charge in [-0.2, -0.15) is 0 Å². The summed E-state index contributed by atoms with van der Waals surface area (Å²) in [5.74, 6) is 0.303. The lowest BCUT2D eigenvalue weighted by Gasteiger charge is -2.02. The van der Waals surface area contributed by atoms with Gasteiger partial charge in [-0.15, -0.1) is 0 Å². The molecular formula is C11H22O2. The van der Waals surface area contributed by atoms with Crippen molar-refractivity contribution in [3.05, 3.63) is 0 Å². The van der Waals surface area contributed by atoms with Gasteiger partial charge in [0.25, 0.3) is 0 Å². The molecule has 0 radical (unpaired) electrons. The lowest BCUT2D eigenvalue weighted by Crippen LogP contribution is -2.05. The maximum Gasteiger partial charge on any atom is 0.133 e. The first-order chi connectivity index (χ1) is 6.16. The molecule has 0 fully saturated rings. The third-order valence-corrected chi connectivity index (χ3v) is 2.15. The van der Waals surface area contributed by atoms with Crippen molar-refractivity contribution < 1.29 is 9.90 Å². The first kappa shape index (κ1) is 12.6. The number of hydrogen-bond acceptors (Lipinski definition) is 2. The van der Waals surface area contributed by atoms with E-state index in [1.54, 1.807) is 6.92 Å². The Morgan fingerprint density at radius 1 is 1.23 bits per heavy atom. The van der Waals surface area contributed by atoms with Crippen molar-refractivity contribution in [3.63, 3.8) is 0 Å². The third-order valence-electron chi connectivity index (χ3n) is 2.15. The van der Waals surface area contributed by atoms with Crippen LogP contribution < -0.4 is 0 Å². The van der Waals surface area contributed by atoms with Gasteiger partial charge in [-0.05, 0) is 19.8 Å². The minimum Gasteiger partial charge on any atom is -0.393 e. The van der Waals surface area contributed by atoms with E-state index in [1.807, 2.05) is 0 Å². The number of hydrogen-bond donors (Lipinski definition) is 1. The highest BCUT2D eigenvalue weighted by molar-refractivity contribution is 5.78. The van der Waals surface area contributed by atoms with Crippen molar-refractivity contribution in [2.24, 2.45) is 0 Å². The average Bonchev–Trinajstić information content (AvgIpc) is 2.09. The van der Waals surface area contributed by atoms with Crippen LogP contribution in [0.3, 0.4) is 0 Å². The second kappa shape index (κ2) is 8.24. The summed E-state index contributed by atoms with van der Waals surface area (Å²) in [5, 5.41) is 8.96. The fourth-order valence-electron chi connectivity index (χ4n) is 1.24. The third kappa shape index (κ3) is 9.54. The van der Waals surface area contributed by atoms with E-state index in [2.05, 4.69) is 6.92 Å². The lowest BCUT2D eigenvalue weighted by molar-refractivity contribution is -0.119. The average molecular weight is 186 g/mol. The monoisotopic (exact) mass is 186 g/mol. The molecule has 0 saturated carbocycles. The molecule has 0 rings (SSSR count). The van der Waals surface area contributed by atoms with Gasteiger partial charge in [0.15, 0.2) is 0 Å². The number of unbranched alkanes of at least 4 members (excludes halogenated alkanes) is 3. The van der Waals surface area contributed by atoms with E-state index in [9.17, 15) is 4.79 Å².